The first-order valence-corrected chi connectivity index (χ1v) is 7.37. The van der Waals surface area contributed by atoms with E-state index >= 15 is 0 Å². The van der Waals surface area contributed by atoms with Crippen LogP contribution >= 0.6 is 11.6 Å². The topological polar surface area (TPSA) is 64.3 Å². The average molecular weight is 317 g/mol. The molecule has 1 aromatic rings. The van der Waals surface area contributed by atoms with E-state index in [2.05, 4.69) is 5.32 Å². The van der Waals surface area contributed by atoms with Gasteiger partial charge < -0.3 is 15.8 Å². The van der Waals surface area contributed by atoms with Crippen molar-refractivity contribution in [3.05, 3.63) is 29.0 Å². The van der Waals surface area contributed by atoms with Crippen molar-refractivity contribution < 1.29 is 13.9 Å². The van der Waals surface area contributed by atoms with E-state index in [1.807, 2.05) is 13.8 Å². The summed E-state index contributed by atoms with van der Waals surface area (Å²) in [5.41, 5.74) is 5.71. The molecule has 3 N–H and O–H groups in total. The summed E-state index contributed by atoms with van der Waals surface area (Å²) in [5.74, 6) is -0.471. The first-order chi connectivity index (χ1) is 9.81. The fourth-order valence-electron chi connectivity index (χ4n) is 1.72. The number of carbonyl (C=O) groups excluding carboxylic acids is 1. The number of rotatable bonds is 7. The second-order valence-electron chi connectivity index (χ2n) is 5.12. The Morgan fingerprint density at radius 2 is 2.10 bits per heavy atom. The van der Waals surface area contributed by atoms with E-state index in [1.165, 1.54) is 12.1 Å². The Labute approximate surface area is 129 Å². The minimum absolute atomic E-state index is 0.130. The van der Waals surface area contributed by atoms with E-state index in [0.29, 0.717) is 6.54 Å². The predicted molar refractivity (Wildman–Crippen MR) is 82.0 cm³/mol. The third-order valence-electron chi connectivity index (χ3n) is 3.59. The van der Waals surface area contributed by atoms with Crippen LogP contribution in [0.15, 0.2) is 18.2 Å². The van der Waals surface area contributed by atoms with Crippen LogP contribution in [0.5, 0.6) is 5.75 Å². The van der Waals surface area contributed by atoms with E-state index in [0.717, 1.165) is 18.9 Å². The molecule has 0 saturated heterocycles. The fourth-order valence-corrected chi connectivity index (χ4v) is 1.93. The van der Waals surface area contributed by atoms with Gasteiger partial charge in [-0.2, -0.15) is 0 Å². The van der Waals surface area contributed by atoms with Gasteiger partial charge in [-0.3, -0.25) is 4.79 Å². The van der Waals surface area contributed by atoms with Gasteiger partial charge in [0.1, 0.15) is 11.6 Å². The quantitative estimate of drug-likeness (QED) is 0.813. The molecular formula is C15H22ClFN2O2. The molecule has 118 valence electrons. The lowest BCUT2D eigenvalue weighted by Gasteiger charge is -2.27. The smallest absolute Gasteiger partial charge is 0.260 e. The van der Waals surface area contributed by atoms with Crippen LogP contribution in [-0.2, 0) is 4.79 Å². The van der Waals surface area contributed by atoms with Crippen LogP contribution in [0.3, 0.4) is 0 Å². The molecule has 1 amide bonds. The van der Waals surface area contributed by atoms with Crippen molar-refractivity contribution in [3.63, 3.8) is 0 Å². The minimum Gasteiger partial charge on any atom is -0.479 e. The zero-order valence-corrected chi connectivity index (χ0v) is 13.3. The normalized spacial score (nSPS) is 12.9. The summed E-state index contributed by atoms with van der Waals surface area (Å²) in [6.45, 7) is 5.94. The van der Waals surface area contributed by atoms with E-state index in [4.69, 9.17) is 22.1 Å². The maximum atomic E-state index is 12.9. The molecule has 0 fully saturated rings. The Hall–Kier alpha value is -1.33. The van der Waals surface area contributed by atoms with Gasteiger partial charge in [-0.05, 0) is 38.0 Å². The number of hydrogen-bond acceptors (Lipinski definition) is 3. The van der Waals surface area contributed by atoms with Gasteiger partial charge in [-0.15, -0.1) is 0 Å². The number of ether oxygens (including phenoxy) is 1. The molecule has 0 aliphatic carbocycles. The molecule has 1 aromatic carbocycles. The predicted octanol–water partition coefficient (Wildman–Crippen LogP) is 2.88. The summed E-state index contributed by atoms with van der Waals surface area (Å²) >= 11 is 5.86. The largest absolute Gasteiger partial charge is 0.479 e. The Bertz CT molecular complexity index is 493. The van der Waals surface area contributed by atoms with Gasteiger partial charge in [0.05, 0.1) is 5.02 Å². The van der Waals surface area contributed by atoms with Crippen LogP contribution < -0.4 is 15.8 Å². The van der Waals surface area contributed by atoms with E-state index in [-0.39, 0.29) is 16.7 Å². The Morgan fingerprint density at radius 3 is 2.62 bits per heavy atom. The number of amides is 1. The fraction of sp³-hybridized carbons (Fsp3) is 0.533. The molecule has 0 aliphatic heterocycles. The van der Waals surface area contributed by atoms with E-state index in [1.54, 1.807) is 6.92 Å². The molecule has 0 aliphatic rings. The standard InChI is InChI=1S/C15H22ClFN2O2/c1-4-15(18,5-2)9-19-14(20)10(3)21-13-7-6-11(17)8-12(13)16/h6-8,10H,4-5,9,18H2,1-3H3,(H,19,20). The highest BCUT2D eigenvalue weighted by atomic mass is 35.5. The molecule has 6 heteroatoms. The second kappa shape index (κ2) is 7.61. The van der Waals surface area contributed by atoms with Crippen molar-refractivity contribution in [3.8, 4) is 5.75 Å². The molecule has 1 atom stereocenters. The van der Waals surface area contributed by atoms with Crippen molar-refractivity contribution in [1.82, 2.24) is 5.32 Å². The van der Waals surface area contributed by atoms with E-state index < -0.39 is 17.5 Å². The molecule has 0 aromatic heterocycles. The van der Waals surface area contributed by atoms with Crippen molar-refractivity contribution in [2.45, 2.75) is 45.3 Å². The maximum absolute atomic E-state index is 12.9. The number of benzene rings is 1. The van der Waals surface area contributed by atoms with Gasteiger partial charge in [-0.1, -0.05) is 25.4 Å². The molecule has 1 unspecified atom stereocenters. The second-order valence-corrected chi connectivity index (χ2v) is 5.53. The summed E-state index contributed by atoms with van der Waals surface area (Å²) in [6, 6.07) is 3.76. The highest BCUT2D eigenvalue weighted by molar-refractivity contribution is 6.32. The van der Waals surface area contributed by atoms with Crippen LogP contribution in [-0.4, -0.2) is 24.1 Å². The Morgan fingerprint density at radius 1 is 1.48 bits per heavy atom. The average Bonchev–Trinajstić information content (AvgIpc) is 2.47. The SMILES string of the molecule is CCC(N)(CC)CNC(=O)C(C)Oc1ccc(F)cc1Cl. The lowest BCUT2D eigenvalue weighted by Crippen LogP contribution is -2.51. The monoisotopic (exact) mass is 316 g/mol. The number of nitrogens with two attached hydrogens (primary N) is 1. The molecule has 0 bridgehead atoms. The lowest BCUT2D eigenvalue weighted by atomic mass is 9.94. The molecule has 0 spiro atoms. The van der Waals surface area contributed by atoms with E-state index in [9.17, 15) is 9.18 Å². The summed E-state index contributed by atoms with van der Waals surface area (Å²) < 4.78 is 18.4. The molecule has 0 saturated carbocycles. The molecule has 0 heterocycles. The van der Waals surface area contributed by atoms with Gasteiger partial charge in [0.15, 0.2) is 6.10 Å². The van der Waals surface area contributed by atoms with Crippen LogP contribution in [0, 0.1) is 5.82 Å². The van der Waals surface area contributed by atoms with Crippen molar-refractivity contribution in [1.29, 1.82) is 0 Å². The third kappa shape index (κ3) is 5.17. The number of hydrogen-bond donors (Lipinski definition) is 2. The summed E-state index contributed by atoms with van der Waals surface area (Å²) in [4.78, 5) is 12.0. The van der Waals surface area contributed by atoms with Gasteiger partial charge in [0.25, 0.3) is 5.91 Å². The van der Waals surface area contributed by atoms with Gasteiger partial charge in [0.2, 0.25) is 0 Å². The van der Waals surface area contributed by atoms with Gasteiger partial charge in [0, 0.05) is 12.1 Å². The maximum Gasteiger partial charge on any atom is 0.260 e. The Balaban J connectivity index is 2.59. The number of halogens is 2. The highest BCUT2D eigenvalue weighted by Crippen LogP contribution is 2.25. The first-order valence-electron chi connectivity index (χ1n) is 6.99. The van der Waals surface area contributed by atoms with Crippen LogP contribution in [0.4, 0.5) is 4.39 Å². The van der Waals surface area contributed by atoms with Gasteiger partial charge in [-0.25, -0.2) is 4.39 Å². The Kier molecular flexibility index (Phi) is 6.42. The summed E-state index contributed by atoms with van der Waals surface area (Å²) in [6.07, 6.45) is 0.789. The third-order valence-corrected chi connectivity index (χ3v) is 3.89. The summed E-state index contributed by atoms with van der Waals surface area (Å²) in [7, 11) is 0. The van der Waals surface area contributed by atoms with Crippen LogP contribution in [0.2, 0.25) is 5.02 Å². The molecule has 21 heavy (non-hydrogen) atoms. The van der Waals surface area contributed by atoms with Crippen molar-refractivity contribution >= 4 is 17.5 Å². The molecule has 1 rings (SSSR count). The zero-order valence-electron chi connectivity index (χ0n) is 12.6. The highest BCUT2D eigenvalue weighted by Gasteiger charge is 2.23. The zero-order chi connectivity index (χ0) is 16.0. The molecular weight excluding hydrogens is 295 g/mol. The van der Waals surface area contributed by atoms with Crippen molar-refractivity contribution in [2.75, 3.05) is 6.54 Å². The minimum atomic E-state index is -0.745. The summed E-state index contributed by atoms with van der Waals surface area (Å²) in [5, 5.41) is 2.90. The molecule has 4 nitrogen and oxygen atoms in total. The number of carbonyl (C=O) groups is 1. The van der Waals surface area contributed by atoms with Gasteiger partial charge >= 0.3 is 0 Å². The molecule has 0 radical (unpaired) electrons. The number of nitrogens with one attached hydrogen (secondary N) is 1. The van der Waals surface area contributed by atoms with Crippen LogP contribution in [0.25, 0.3) is 0 Å². The van der Waals surface area contributed by atoms with Crippen molar-refractivity contribution in [2.24, 2.45) is 5.73 Å². The first kappa shape index (κ1) is 17.7. The lowest BCUT2D eigenvalue weighted by molar-refractivity contribution is -0.127. The van der Waals surface area contributed by atoms with Crippen LogP contribution in [0.1, 0.15) is 33.6 Å².